The summed E-state index contributed by atoms with van der Waals surface area (Å²) in [6.07, 6.45) is 9.89. The lowest BCUT2D eigenvalue weighted by Crippen LogP contribution is -2.39. The molecule has 0 aliphatic carbocycles. The Labute approximate surface area is 202 Å². The number of guanidine groups is 1. The fourth-order valence-corrected chi connectivity index (χ4v) is 4.46. The molecule has 9 heteroatoms. The number of aryl methyl sites for hydroxylation is 1. The molecule has 0 amide bonds. The number of hydrogen-bond donors (Lipinski definition) is 2. The van der Waals surface area contributed by atoms with Gasteiger partial charge in [-0.3, -0.25) is 9.89 Å². The minimum Gasteiger partial charge on any atom is -0.468 e. The molecular formula is C22H36IN7O. The fraction of sp³-hybridized carbons (Fsp3) is 0.682. The number of likely N-dealkylation sites (tertiary alicyclic amines) is 1. The highest BCUT2D eigenvalue weighted by atomic mass is 127. The van der Waals surface area contributed by atoms with Gasteiger partial charge < -0.3 is 19.6 Å². The first kappa shape index (κ1) is 24.0. The fourth-order valence-electron chi connectivity index (χ4n) is 4.46. The van der Waals surface area contributed by atoms with Crippen LogP contribution in [0, 0.1) is 0 Å². The Kier molecular flexibility index (Phi) is 9.63. The van der Waals surface area contributed by atoms with Crippen LogP contribution in [-0.2, 0) is 19.4 Å². The molecule has 0 saturated carbocycles. The summed E-state index contributed by atoms with van der Waals surface area (Å²) in [4.78, 5) is 7.37. The van der Waals surface area contributed by atoms with E-state index in [9.17, 15) is 0 Å². The molecule has 0 aromatic carbocycles. The second-order valence-electron chi connectivity index (χ2n) is 8.17. The molecule has 2 aromatic rings. The molecule has 4 heterocycles. The van der Waals surface area contributed by atoms with Crippen molar-refractivity contribution in [2.75, 3.05) is 32.7 Å². The van der Waals surface area contributed by atoms with Crippen molar-refractivity contribution in [3.05, 3.63) is 35.8 Å². The molecular weight excluding hydrogens is 505 g/mol. The van der Waals surface area contributed by atoms with E-state index in [4.69, 9.17) is 9.41 Å². The van der Waals surface area contributed by atoms with Gasteiger partial charge in [-0.15, -0.1) is 34.2 Å². The Morgan fingerprint density at radius 1 is 1.13 bits per heavy atom. The molecule has 2 N–H and O–H groups in total. The standard InChI is InChI=1S/C22H35N7O.HI/c1-2-23-22(24-12-11-21-27-26-20-10-4-3-5-15-29(20)21)25-17-18(19-9-8-16-30-19)28-13-6-7-14-28;/h8-9,16,18H,2-7,10-15,17H2,1H3,(H2,23,24,25);1H. The van der Waals surface area contributed by atoms with Crippen LogP contribution >= 0.6 is 24.0 Å². The number of nitrogens with one attached hydrogen (secondary N) is 2. The Morgan fingerprint density at radius 2 is 1.97 bits per heavy atom. The Balaban J connectivity index is 0.00000272. The molecule has 0 spiro atoms. The number of aliphatic imine (C=N–C) groups is 1. The van der Waals surface area contributed by atoms with Crippen molar-refractivity contribution >= 4 is 29.9 Å². The van der Waals surface area contributed by atoms with Gasteiger partial charge in [0.1, 0.15) is 17.4 Å². The number of furan rings is 1. The quantitative estimate of drug-likeness (QED) is 0.304. The van der Waals surface area contributed by atoms with Crippen molar-refractivity contribution in [2.45, 2.75) is 64.5 Å². The number of nitrogens with zero attached hydrogens (tertiary/aromatic N) is 5. The number of aromatic nitrogens is 3. The molecule has 2 aromatic heterocycles. The van der Waals surface area contributed by atoms with Crippen LogP contribution in [0.1, 0.15) is 62.5 Å². The Bertz CT molecular complexity index is 799. The maximum absolute atomic E-state index is 5.72. The maximum atomic E-state index is 5.72. The summed E-state index contributed by atoms with van der Waals surface area (Å²) in [6, 6.07) is 4.23. The molecule has 8 nitrogen and oxygen atoms in total. The number of hydrogen-bond acceptors (Lipinski definition) is 5. The van der Waals surface area contributed by atoms with Crippen molar-refractivity contribution in [3.8, 4) is 0 Å². The van der Waals surface area contributed by atoms with Crippen molar-refractivity contribution in [1.29, 1.82) is 0 Å². The van der Waals surface area contributed by atoms with E-state index in [1.165, 1.54) is 32.1 Å². The third-order valence-electron chi connectivity index (χ3n) is 6.05. The van der Waals surface area contributed by atoms with Gasteiger partial charge in [0.25, 0.3) is 0 Å². The van der Waals surface area contributed by atoms with Crippen molar-refractivity contribution in [2.24, 2.45) is 4.99 Å². The van der Waals surface area contributed by atoms with Crippen molar-refractivity contribution in [1.82, 2.24) is 30.3 Å². The zero-order valence-electron chi connectivity index (χ0n) is 18.6. The van der Waals surface area contributed by atoms with Gasteiger partial charge in [0.2, 0.25) is 0 Å². The highest BCUT2D eigenvalue weighted by molar-refractivity contribution is 14.0. The van der Waals surface area contributed by atoms with Crippen LogP contribution < -0.4 is 10.6 Å². The van der Waals surface area contributed by atoms with Gasteiger partial charge in [-0.05, 0) is 57.8 Å². The summed E-state index contributed by atoms with van der Waals surface area (Å²) in [5.74, 6) is 4.09. The molecule has 1 unspecified atom stereocenters. The number of halogens is 1. The van der Waals surface area contributed by atoms with Gasteiger partial charge >= 0.3 is 0 Å². The molecule has 1 atom stereocenters. The third-order valence-corrected chi connectivity index (χ3v) is 6.05. The van der Waals surface area contributed by atoms with Gasteiger partial charge in [-0.1, -0.05) is 6.42 Å². The lowest BCUT2D eigenvalue weighted by atomic mass is 10.2. The third kappa shape index (κ3) is 6.44. The summed E-state index contributed by atoms with van der Waals surface area (Å²) in [5.41, 5.74) is 0. The summed E-state index contributed by atoms with van der Waals surface area (Å²) in [5, 5.41) is 15.7. The molecule has 2 aliphatic rings. The zero-order chi connectivity index (χ0) is 20.6. The van der Waals surface area contributed by atoms with E-state index < -0.39 is 0 Å². The molecule has 2 aliphatic heterocycles. The van der Waals surface area contributed by atoms with Gasteiger partial charge in [0.15, 0.2) is 5.96 Å². The molecule has 172 valence electrons. The first-order valence-electron chi connectivity index (χ1n) is 11.6. The Morgan fingerprint density at radius 3 is 2.74 bits per heavy atom. The number of fused-ring (bicyclic) bond motifs is 1. The van der Waals surface area contributed by atoms with Crippen LogP contribution in [0.4, 0.5) is 0 Å². The highest BCUT2D eigenvalue weighted by Crippen LogP contribution is 2.25. The van der Waals surface area contributed by atoms with Crippen LogP contribution in [0.2, 0.25) is 0 Å². The second kappa shape index (κ2) is 12.4. The van der Waals surface area contributed by atoms with Crippen LogP contribution in [0.3, 0.4) is 0 Å². The minimum atomic E-state index is 0. The lowest BCUT2D eigenvalue weighted by Gasteiger charge is -2.24. The Hall–Kier alpha value is -1.62. The zero-order valence-corrected chi connectivity index (χ0v) is 20.9. The van der Waals surface area contributed by atoms with Gasteiger partial charge in [-0.25, -0.2) is 0 Å². The molecule has 1 fully saturated rings. The molecule has 0 bridgehead atoms. The van der Waals surface area contributed by atoms with E-state index in [0.29, 0.717) is 6.54 Å². The molecule has 0 radical (unpaired) electrons. The van der Waals surface area contributed by atoms with Gasteiger partial charge in [0.05, 0.1) is 18.8 Å². The number of rotatable bonds is 8. The van der Waals surface area contributed by atoms with E-state index in [-0.39, 0.29) is 30.0 Å². The normalized spacial score (nSPS) is 18.2. The van der Waals surface area contributed by atoms with Crippen molar-refractivity contribution in [3.63, 3.8) is 0 Å². The largest absolute Gasteiger partial charge is 0.468 e. The molecule has 4 rings (SSSR count). The predicted molar refractivity (Wildman–Crippen MR) is 133 cm³/mol. The highest BCUT2D eigenvalue weighted by Gasteiger charge is 2.25. The SMILES string of the molecule is CCNC(=NCC(c1ccco1)N1CCCC1)NCCc1nnc2n1CCCCC2.I. The van der Waals surface area contributed by atoms with Crippen LogP contribution in [0.15, 0.2) is 27.8 Å². The smallest absolute Gasteiger partial charge is 0.191 e. The van der Waals surface area contributed by atoms with E-state index in [0.717, 1.165) is 68.9 Å². The van der Waals surface area contributed by atoms with E-state index in [1.807, 2.05) is 6.07 Å². The first-order chi connectivity index (χ1) is 14.8. The predicted octanol–water partition coefficient (Wildman–Crippen LogP) is 3.15. The lowest BCUT2D eigenvalue weighted by molar-refractivity contribution is 0.221. The molecule has 1 saturated heterocycles. The van der Waals surface area contributed by atoms with Gasteiger partial charge in [0, 0.05) is 32.5 Å². The van der Waals surface area contributed by atoms with E-state index in [1.54, 1.807) is 6.26 Å². The minimum absolute atomic E-state index is 0. The van der Waals surface area contributed by atoms with Crippen LogP contribution in [0.5, 0.6) is 0 Å². The first-order valence-corrected chi connectivity index (χ1v) is 11.6. The monoisotopic (exact) mass is 541 g/mol. The van der Waals surface area contributed by atoms with Gasteiger partial charge in [-0.2, -0.15) is 0 Å². The summed E-state index contributed by atoms with van der Waals surface area (Å²) < 4.78 is 8.04. The van der Waals surface area contributed by atoms with E-state index >= 15 is 0 Å². The topological polar surface area (TPSA) is 83.5 Å². The summed E-state index contributed by atoms with van der Waals surface area (Å²) >= 11 is 0. The van der Waals surface area contributed by atoms with Crippen LogP contribution in [-0.4, -0.2) is 58.3 Å². The second-order valence-corrected chi connectivity index (χ2v) is 8.17. The van der Waals surface area contributed by atoms with Crippen LogP contribution in [0.25, 0.3) is 0 Å². The average Bonchev–Trinajstić information content (AvgIpc) is 3.50. The summed E-state index contributed by atoms with van der Waals surface area (Å²) in [6.45, 7) is 7.68. The van der Waals surface area contributed by atoms with E-state index in [2.05, 4.69) is 43.3 Å². The molecule has 31 heavy (non-hydrogen) atoms. The summed E-state index contributed by atoms with van der Waals surface area (Å²) in [7, 11) is 0. The average molecular weight is 541 g/mol. The van der Waals surface area contributed by atoms with Crippen molar-refractivity contribution < 1.29 is 4.42 Å². The maximum Gasteiger partial charge on any atom is 0.191 e.